The van der Waals surface area contributed by atoms with Crippen LogP contribution in [-0.4, -0.2) is 12.0 Å². The third kappa shape index (κ3) is 2.66. The van der Waals surface area contributed by atoms with Crippen LogP contribution in [0.5, 0.6) is 5.75 Å². The molecule has 4 nitrogen and oxygen atoms in total. The quantitative estimate of drug-likeness (QED) is 0.762. The SMILES string of the molecule is CC(C)C(C)Oc1cccc(C(N)=O)c1N. The summed E-state index contributed by atoms with van der Waals surface area (Å²) in [7, 11) is 0. The van der Waals surface area contributed by atoms with Crippen LogP contribution >= 0.6 is 0 Å². The smallest absolute Gasteiger partial charge is 0.250 e. The van der Waals surface area contributed by atoms with Crippen molar-refractivity contribution in [3.05, 3.63) is 23.8 Å². The molecule has 0 aliphatic heterocycles. The number of hydrogen-bond acceptors (Lipinski definition) is 3. The Labute approximate surface area is 95.6 Å². The molecule has 1 atom stereocenters. The van der Waals surface area contributed by atoms with Crippen LogP contribution in [0.15, 0.2) is 18.2 Å². The second-order valence-electron chi connectivity index (χ2n) is 4.15. The third-order valence-electron chi connectivity index (χ3n) is 2.58. The lowest BCUT2D eigenvalue weighted by Gasteiger charge is -2.19. The molecule has 0 aromatic heterocycles. The number of amides is 1. The molecule has 0 heterocycles. The van der Waals surface area contributed by atoms with Gasteiger partial charge in [-0.05, 0) is 25.0 Å². The first-order valence-electron chi connectivity index (χ1n) is 5.28. The van der Waals surface area contributed by atoms with Gasteiger partial charge in [0, 0.05) is 0 Å². The first-order valence-corrected chi connectivity index (χ1v) is 5.28. The van der Waals surface area contributed by atoms with Gasteiger partial charge in [-0.3, -0.25) is 4.79 Å². The summed E-state index contributed by atoms with van der Waals surface area (Å²) in [4.78, 5) is 11.1. The van der Waals surface area contributed by atoms with Gasteiger partial charge in [0.05, 0.1) is 17.4 Å². The molecule has 0 saturated heterocycles. The molecule has 0 aliphatic rings. The van der Waals surface area contributed by atoms with Gasteiger partial charge in [0.2, 0.25) is 0 Å². The average Bonchev–Trinajstić information content (AvgIpc) is 2.20. The van der Waals surface area contributed by atoms with Crippen LogP contribution in [0.25, 0.3) is 0 Å². The summed E-state index contributed by atoms with van der Waals surface area (Å²) in [6, 6.07) is 5.03. The Hall–Kier alpha value is -1.71. The molecular weight excluding hydrogens is 204 g/mol. The molecular formula is C12H18N2O2. The molecule has 1 aromatic carbocycles. The van der Waals surface area contributed by atoms with Gasteiger partial charge in [0.1, 0.15) is 5.75 Å². The molecule has 0 spiro atoms. The lowest BCUT2D eigenvalue weighted by Crippen LogP contribution is -2.20. The van der Waals surface area contributed by atoms with Crippen molar-refractivity contribution in [3.8, 4) is 5.75 Å². The molecule has 16 heavy (non-hydrogen) atoms. The molecule has 88 valence electrons. The fraction of sp³-hybridized carbons (Fsp3) is 0.417. The number of nitrogen functional groups attached to an aromatic ring is 1. The van der Waals surface area contributed by atoms with E-state index in [4.69, 9.17) is 16.2 Å². The molecule has 1 rings (SSSR count). The second-order valence-corrected chi connectivity index (χ2v) is 4.15. The van der Waals surface area contributed by atoms with Crippen LogP contribution in [0.2, 0.25) is 0 Å². The van der Waals surface area contributed by atoms with Crippen LogP contribution in [-0.2, 0) is 0 Å². The van der Waals surface area contributed by atoms with Crippen LogP contribution in [0, 0.1) is 5.92 Å². The second kappa shape index (κ2) is 4.88. The maximum Gasteiger partial charge on any atom is 0.250 e. The summed E-state index contributed by atoms with van der Waals surface area (Å²) in [6.45, 7) is 6.07. The molecule has 4 heteroatoms. The highest BCUT2D eigenvalue weighted by Crippen LogP contribution is 2.26. The van der Waals surface area contributed by atoms with E-state index in [1.165, 1.54) is 0 Å². The van der Waals surface area contributed by atoms with Gasteiger partial charge in [-0.1, -0.05) is 19.9 Å². The van der Waals surface area contributed by atoms with Gasteiger partial charge >= 0.3 is 0 Å². The number of rotatable bonds is 4. The number of para-hydroxylation sites is 1. The Morgan fingerprint density at radius 1 is 1.31 bits per heavy atom. The van der Waals surface area contributed by atoms with Gasteiger partial charge in [-0.2, -0.15) is 0 Å². The van der Waals surface area contributed by atoms with Crippen LogP contribution < -0.4 is 16.2 Å². The van der Waals surface area contributed by atoms with E-state index < -0.39 is 5.91 Å². The van der Waals surface area contributed by atoms with Crippen molar-refractivity contribution in [1.29, 1.82) is 0 Å². The molecule has 1 unspecified atom stereocenters. The average molecular weight is 222 g/mol. The van der Waals surface area contributed by atoms with Crippen molar-refractivity contribution in [2.45, 2.75) is 26.9 Å². The maximum atomic E-state index is 11.1. The summed E-state index contributed by atoms with van der Waals surface area (Å²) in [5, 5.41) is 0. The van der Waals surface area contributed by atoms with Crippen molar-refractivity contribution in [2.24, 2.45) is 11.7 Å². The van der Waals surface area contributed by atoms with Crippen LogP contribution in [0.4, 0.5) is 5.69 Å². The summed E-state index contributed by atoms with van der Waals surface area (Å²) in [5.41, 5.74) is 11.6. The van der Waals surface area contributed by atoms with Crippen molar-refractivity contribution in [3.63, 3.8) is 0 Å². The van der Waals surface area contributed by atoms with E-state index >= 15 is 0 Å². The fourth-order valence-electron chi connectivity index (χ4n) is 1.20. The van der Waals surface area contributed by atoms with Crippen LogP contribution in [0.1, 0.15) is 31.1 Å². The number of carbonyl (C=O) groups is 1. The number of nitrogens with two attached hydrogens (primary N) is 2. The minimum absolute atomic E-state index is 0.0328. The Morgan fingerprint density at radius 3 is 2.44 bits per heavy atom. The maximum absolute atomic E-state index is 11.1. The molecule has 0 radical (unpaired) electrons. The number of benzene rings is 1. The third-order valence-corrected chi connectivity index (χ3v) is 2.58. The van der Waals surface area contributed by atoms with Gasteiger partial charge in [-0.25, -0.2) is 0 Å². The number of ether oxygens (including phenoxy) is 1. The molecule has 0 saturated carbocycles. The molecule has 0 aliphatic carbocycles. The number of anilines is 1. The van der Waals surface area contributed by atoms with E-state index in [1.54, 1.807) is 18.2 Å². The molecule has 0 fully saturated rings. The molecule has 1 aromatic rings. The van der Waals surface area contributed by atoms with E-state index in [2.05, 4.69) is 13.8 Å². The van der Waals surface area contributed by atoms with Gasteiger partial charge < -0.3 is 16.2 Å². The lowest BCUT2D eigenvalue weighted by molar-refractivity contribution is 0.1000. The molecule has 0 bridgehead atoms. The summed E-state index contributed by atoms with van der Waals surface area (Å²) in [5.74, 6) is 0.342. The van der Waals surface area contributed by atoms with E-state index in [0.717, 1.165) is 0 Å². The predicted octanol–water partition coefficient (Wildman–Crippen LogP) is 1.79. The Morgan fingerprint density at radius 2 is 1.94 bits per heavy atom. The number of primary amides is 1. The minimum atomic E-state index is -0.542. The van der Waals surface area contributed by atoms with Crippen LogP contribution in [0.3, 0.4) is 0 Å². The fourth-order valence-corrected chi connectivity index (χ4v) is 1.20. The Kier molecular flexibility index (Phi) is 3.77. The summed E-state index contributed by atoms with van der Waals surface area (Å²) >= 11 is 0. The van der Waals surface area contributed by atoms with Crippen molar-refractivity contribution in [2.75, 3.05) is 5.73 Å². The number of hydrogen-bond donors (Lipinski definition) is 2. The van der Waals surface area contributed by atoms with Crippen molar-refractivity contribution >= 4 is 11.6 Å². The van der Waals surface area contributed by atoms with Gasteiger partial charge in [-0.15, -0.1) is 0 Å². The highest BCUT2D eigenvalue weighted by atomic mass is 16.5. The zero-order valence-electron chi connectivity index (χ0n) is 9.86. The highest BCUT2D eigenvalue weighted by molar-refractivity contribution is 5.99. The first-order chi connectivity index (χ1) is 7.43. The number of carbonyl (C=O) groups excluding carboxylic acids is 1. The lowest BCUT2D eigenvalue weighted by atomic mass is 10.1. The monoisotopic (exact) mass is 222 g/mol. The van der Waals surface area contributed by atoms with E-state index in [-0.39, 0.29) is 6.10 Å². The van der Waals surface area contributed by atoms with E-state index in [0.29, 0.717) is 22.9 Å². The molecule has 4 N–H and O–H groups in total. The van der Waals surface area contributed by atoms with Crippen molar-refractivity contribution in [1.82, 2.24) is 0 Å². The highest BCUT2D eigenvalue weighted by Gasteiger charge is 2.14. The van der Waals surface area contributed by atoms with Gasteiger partial charge in [0.15, 0.2) is 0 Å². The Bertz CT molecular complexity index is 389. The van der Waals surface area contributed by atoms with E-state index in [1.807, 2.05) is 6.92 Å². The predicted molar refractivity (Wildman–Crippen MR) is 64.3 cm³/mol. The first kappa shape index (κ1) is 12.4. The Balaban J connectivity index is 2.98. The topological polar surface area (TPSA) is 78.3 Å². The standard InChI is InChI=1S/C12H18N2O2/c1-7(2)8(3)16-10-6-4-5-9(11(10)13)12(14)15/h4-8H,13H2,1-3H3,(H2,14,15). The largest absolute Gasteiger partial charge is 0.488 e. The summed E-state index contributed by atoms with van der Waals surface area (Å²) < 4.78 is 5.66. The normalized spacial score (nSPS) is 12.5. The zero-order chi connectivity index (χ0) is 12.3. The van der Waals surface area contributed by atoms with Gasteiger partial charge in [0.25, 0.3) is 5.91 Å². The molecule has 1 amide bonds. The zero-order valence-corrected chi connectivity index (χ0v) is 9.86. The minimum Gasteiger partial charge on any atom is -0.488 e. The summed E-state index contributed by atoms with van der Waals surface area (Å²) in [6.07, 6.45) is 0.0328. The van der Waals surface area contributed by atoms with E-state index in [9.17, 15) is 4.79 Å². The van der Waals surface area contributed by atoms with Crippen molar-refractivity contribution < 1.29 is 9.53 Å².